The Hall–Kier alpha value is -2.92. The van der Waals surface area contributed by atoms with Crippen LogP contribution in [0.5, 0.6) is 0 Å². The summed E-state index contributed by atoms with van der Waals surface area (Å²) in [5.74, 6) is 1.52. The lowest BCUT2D eigenvalue weighted by atomic mass is 10.2. The SMILES string of the molecule is CCSC[C@@H](O)Cn1cc2c(n1)CN(c1ccc(N3C[C@H](CNC(C)=O)OC3=O)cc1N)C2. The predicted octanol–water partition coefficient (Wildman–Crippen LogP) is 1.56. The zero-order valence-electron chi connectivity index (χ0n) is 18.9. The molecule has 0 radical (unpaired) electrons. The number of carbonyl (C=O) groups excluding carboxylic acids is 2. The fraction of sp³-hybridized carbons (Fsp3) is 0.500. The van der Waals surface area contributed by atoms with Crippen LogP contribution in [0.25, 0.3) is 0 Å². The predicted molar refractivity (Wildman–Crippen MR) is 128 cm³/mol. The normalized spacial score (nSPS) is 18.4. The van der Waals surface area contributed by atoms with Crippen molar-refractivity contribution in [2.45, 2.75) is 45.7 Å². The number of aliphatic hydroxyl groups excluding tert-OH is 1. The molecular formula is C22H30N6O4S. The third kappa shape index (κ3) is 5.36. The van der Waals surface area contributed by atoms with Gasteiger partial charge < -0.3 is 25.8 Å². The van der Waals surface area contributed by atoms with E-state index < -0.39 is 18.3 Å². The second-order valence-electron chi connectivity index (χ2n) is 8.29. The van der Waals surface area contributed by atoms with Gasteiger partial charge in [-0.3, -0.25) is 14.4 Å². The van der Waals surface area contributed by atoms with Crippen LogP contribution in [0.3, 0.4) is 0 Å². The molecule has 2 aromatic rings. The number of nitrogens with one attached hydrogen (secondary N) is 1. The van der Waals surface area contributed by atoms with Gasteiger partial charge in [0, 0.05) is 36.7 Å². The second-order valence-corrected chi connectivity index (χ2v) is 9.61. The zero-order valence-corrected chi connectivity index (χ0v) is 19.7. The van der Waals surface area contributed by atoms with Crippen molar-refractivity contribution >= 4 is 40.8 Å². The van der Waals surface area contributed by atoms with Gasteiger partial charge in [-0.1, -0.05) is 6.92 Å². The molecule has 0 unspecified atom stereocenters. The molecule has 1 fully saturated rings. The van der Waals surface area contributed by atoms with Crippen LogP contribution in [0.15, 0.2) is 24.4 Å². The molecule has 2 amide bonds. The van der Waals surface area contributed by atoms with E-state index in [9.17, 15) is 14.7 Å². The average molecular weight is 475 g/mol. The van der Waals surface area contributed by atoms with E-state index in [0.29, 0.717) is 43.3 Å². The Kier molecular flexibility index (Phi) is 6.99. The number of hydrogen-bond acceptors (Lipinski definition) is 8. The van der Waals surface area contributed by atoms with E-state index in [4.69, 9.17) is 10.5 Å². The van der Waals surface area contributed by atoms with Crippen molar-refractivity contribution in [2.24, 2.45) is 0 Å². The summed E-state index contributed by atoms with van der Waals surface area (Å²) in [6.07, 6.45) is 0.735. The number of amides is 2. The van der Waals surface area contributed by atoms with Gasteiger partial charge in [0.2, 0.25) is 5.91 Å². The lowest BCUT2D eigenvalue weighted by Gasteiger charge is -2.22. The molecule has 1 aromatic heterocycles. The number of rotatable bonds is 9. The fourth-order valence-electron chi connectivity index (χ4n) is 4.09. The van der Waals surface area contributed by atoms with Crippen molar-refractivity contribution in [3.05, 3.63) is 35.7 Å². The number of hydrogen-bond donors (Lipinski definition) is 3. The minimum absolute atomic E-state index is 0.164. The van der Waals surface area contributed by atoms with E-state index in [1.807, 2.05) is 23.0 Å². The quantitative estimate of drug-likeness (QED) is 0.468. The van der Waals surface area contributed by atoms with Gasteiger partial charge in [-0.25, -0.2) is 4.79 Å². The van der Waals surface area contributed by atoms with Crippen LogP contribution < -0.4 is 20.9 Å². The Morgan fingerprint density at radius 1 is 1.42 bits per heavy atom. The van der Waals surface area contributed by atoms with Crippen molar-refractivity contribution in [1.82, 2.24) is 15.1 Å². The van der Waals surface area contributed by atoms with Crippen LogP contribution >= 0.6 is 11.8 Å². The fourth-order valence-corrected chi connectivity index (χ4v) is 4.70. The molecule has 2 aliphatic rings. The summed E-state index contributed by atoms with van der Waals surface area (Å²) in [5, 5.41) is 17.4. The van der Waals surface area contributed by atoms with Gasteiger partial charge >= 0.3 is 6.09 Å². The number of benzene rings is 1. The summed E-state index contributed by atoms with van der Waals surface area (Å²) >= 11 is 1.72. The maximum absolute atomic E-state index is 12.3. The van der Waals surface area contributed by atoms with E-state index in [-0.39, 0.29) is 12.5 Å². The molecule has 4 N–H and O–H groups in total. The van der Waals surface area contributed by atoms with Crippen LogP contribution in [0.4, 0.5) is 21.9 Å². The zero-order chi connectivity index (χ0) is 23.5. The highest BCUT2D eigenvalue weighted by Crippen LogP contribution is 2.35. The maximum Gasteiger partial charge on any atom is 0.414 e. The largest absolute Gasteiger partial charge is 0.442 e. The van der Waals surface area contributed by atoms with Crippen molar-refractivity contribution < 1.29 is 19.4 Å². The first-order chi connectivity index (χ1) is 15.8. The molecule has 2 aliphatic heterocycles. The molecule has 2 atom stereocenters. The number of ether oxygens (including phenoxy) is 1. The van der Waals surface area contributed by atoms with Crippen molar-refractivity contribution in [1.29, 1.82) is 0 Å². The highest BCUT2D eigenvalue weighted by molar-refractivity contribution is 7.99. The number of carbonyl (C=O) groups is 2. The summed E-state index contributed by atoms with van der Waals surface area (Å²) in [6, 6.07) is 5.53. The highest BCUT2D eigenvalue weighted by atomic mass is 32.2. The number of nitrogens with zero attached hydrogens (tertiary/aromatic N) is 4. The first-order valence-electron chi connectivity index (χ1n) is 11.0. The van der Waals surface area contributed by atoms with Crippen LogP contribution in [-0.2, 0) is 29.2 Å². The van der Waals surface area contributed by atoms with Crippen molar-refractivity contribution in [2.75, 3.05) is 40.1 Å². The molecule has 0 spiro atoms. The summed E-state index contributed by atoms with van der Waals surface area (Å²) in [5.41, 5.74) is 10.6. The molecule has 4 rings (SSSR count). The van der Waals surface area contributed by atoms with Gasteiger partial charge in [0.25, 0.3) is 0 Å². The van der Waals surface area contributed by atoms with E-state index in [1.54, 1.807) is 17.8 Å². The lowest BCUT2D eigenvalue weighted by Crippen LogP contribution is -2.33. The Morgan fingerprint density at radius 3 is 2.94 bits per heavy atom. The summed E-state index contributed by atoms with van der Waals surface area (Å²) < 4.78 is 7.16. The molecule has 3 heterocycles. The van der Waals surface area contributed by atoms with E-state index in [0.717, 1.165) is 22.7 Å². The molecule has 178 valence electrons. The van der Waals surface area contributed by atoms with Crippen LogP contribution in [0, 0.1) is 0 Å². The number of nitrogen functional groups attached to an aromatic ring is 1. The number of aromatic nitrogens is 2. The van der Waals surface area contributed by atoms with E-state index in [1.165, 1.54) is 11.8 Å². The number of nitrogens with two attached hydrogens (primary N) is 1. The van der Waals surface area contributed by atoms with Crippen LogP contribution in [-0.4, -0.2) is 63.7 Å². The maximum atomic E-state index is 12.3. The van der Waals surface area contributed by atoms with E-state index >= 15 is 0 Å². The lowest BCUT2D eigenvalue weighted by molar-refractivity contribution is -0.119. The molecule has 10 nitrogen and oxygen atoms in total. The second kappa shape index (κ2) is 9.92. The average Bonchev–Trinajstić information content (AvgIpc) is 3.43. The van der Waals surface area contributed by atoms with Crippen LogP contribution in [0.1, 0.15) is 25.1 Å². The van der Waals surface area contributed by atoms with Crippen LogP contribution in [0.2, 0.25) is 0 Å². The van der Waals surface area contributed by atoms with Gasteiger partial charge in [0.1, 0.15) is 6.10 Å². The van der Waals surface area contributed by atoms with Crippen molar-refractivity contribution in [3.63, 3.8) is 0 Å². The molecule has 1 aromatic carbocycles. The van der Waals surface area contributed by atoms with Gasteiger partial charge in [-0.15, -0.1) is 0 Å². The monoisotopic (exact) mass is 474 g/mol. The summed E-state index contributed by atoms with van der Waals surface area (Å²) in [7, 11) is 0. The molecule has 0 aliphatic carbocycles. The first kappa shape index (κ1) is 23.2. The molecule has 11 heteroatoms. The number of fused-ring (bicyclic) bond motifs is 1. The number of cyclic esters (lactones) is 1. The Labute approximate surface area is 197 Å². The Bertz CT molecular complexity index is 1000. The number of aliphatic hydroxyl groups is 1. The topological polar surface area (TPSA) is 126 Å². The van der Waals surface area contributed by atoms with Gasteiger partial charge in [-0.05, 0) is 24.0 Å². The van der Waals surface area contributed by atoms with Gasteiger partial charge in [0.05, 0.1) is 49.4 Å². The summed E-state index contributed by atoms with van der Waals surface area (Å²) in [6.45, 7) is 5.95. The third-order valence-corrected chi connectivity index (χ3v) is 6.68. The Balaban J connectivity index is 1.38. The van der Waals surface area contributed by atoms with Gasteiger partial charge in [-0.2, -0.15) is 16.9 Å². The van der Waals surface area contributed by atoms with E-state index in [2.05, 4.69) is 22.2 Å². The molecule has 0 bridgehead atoms. The summed E-state index contributed by atoms with van der Waals surface area (Å²) in [4.78, 5) is 27.0. The standard InChI is InChI=1S/C22H30N6O4S/c1-3-33-13-17(30)10-27-9-15-8-26(12-20(15)25-27)21-5-4-16(6-19(21)23)28-11-18(32-22(28)31)7-24-14(2)29/h4-6,9,17-18,30H,3,7-8,10-13,23H2,1-2H3,(H,24,29)/t17-,18-/m0/s1. The molecule has 1 saturated heterocycles. The number of anilines is 3. The molecular weight excluding hydrogens is 444 g/mol. The van der Waals surface area contributed by atoms with Crippen molar-refractivity contribution in [3.8, 4) is 0 Å². The molecule has 33 heavy (non-hydrogen) atoms. The van der Waals surface area contributed by atoms with Gasteiger partial charge in [0.15, 0.2) is 0 Å². The molecule has 0 saturated carbocycles. The minimum atomic E-state index is -0.452. The third-order valence-electron chi connectivity index (χ3n) is 5.65. The Morgan fingerprint density at radius 2 is 2.24 bits per heavy atom. The minimum Gasteiger partial charge on any atom is -0.442 e. The first-order valence-corrected chi connectivity index (χ1v) is 12.2. The highest BCUT2D eigenvalue weighted by Gasteiger charge is 2.33. The number of thioether (sulfide) groups is 1. The smallest absolute Gasteiger partial charge is 0.414 e.